The lowest BCUT2D eigenvalue weighted by Crippen LogP contribution is -1.96. The van der Waals surface area contributed by atoms with Crippen molar-refractivity contribution in [3.05, 3.63) is 0 Å². The Morgan fingerprint density at radius 2 is 2.29 bits per heavy atom. The molecule has 0 aliphatic carbocycles. The molecule has 0 rings (SSSR count). The first-order chi connectivity index (χ1) is 3.31. The van der Waals surface area contributed by atoms with E-state index in [9.17, 15) is 4.79 Å². The zero-order valence-electron chi connectivity index (χ0n) is 4.59. The van der Waals surface area contributed by atoms with Crippen LogP contribution in [0.5, 0.6) is 0 Å². The van der Waals surface area contributed by atoms with Crippen molar-refractivity contribution in [2.75, 3.05) is 0 Å². The third-order valence-electron chi connectivity index (χ3n) is 0.581. The van der Waals surface area contributed by atoms with Gasteiger partial charge in [0.1, 0.15) is 12.3 Å². The predicted molar refractivity (Wildman–Crippen MR) is 29.7 cm³/mol. The van der Waals surface area contributed by atoms with Gasteiger partial charge in [-0.05, 0) is 20.1 Å². The van der Waals surface area contributed by atoms with Crippen molar-refractivity contribution >= 4 is 12.5 Å². The van der Waals surface area contributed by atoms with Crippen molar-refractivity contribution in [2.45, 2.75) is 19.9 Å². The van der Waals surface area contributed by atoms with E-state index in [0.717, 1.165) is 6.29 Å². The van der Waals surface area contributed by atoms with Crippen LogP contribution in [0, 0.1) is 0 Å². The van der Waals surface area contributed by atoms with E-state index in [1.165, 1.54) is 0 Å². The summed E-state index contributed by atoms with van der Waals surface area (Å²) in [4.78, 5) is 13.5. The summed E-state index contributed by atoms with van der Waals surface area (Å²) in [6, 6.07) is -0.162. The van der Waals surface area contributed by atoms with Gasteiger partial charge in [-0.25, -0.2) is 0 Å². The Morgan fingerprint density at radius 1 is 1.71 bits per heavy atom. The minimum atomic E-state index is -0.162. The number of aldehydes is 1. The van der Waals surface area contributed by atoms with Crippen molar-refractivity contribution in [3.8, 4) is 0 Å². The van der Waals surface area contributed by atoms with E-state index >= 15 is 0 Å². The number of nitrogens with zero attached hydrogens (tertiary/aromatic N) is 1. The summed E-state index contributed by atoms with van der Waals surface area (Å²) in [5.41, 5.74) is 0. The Hall–Kier alpha value is -0.660. The molecule has 0 aromatic carbocycles. The monoisotopic (exact) mass is 99.1 g/mol. The third-order valence-corrected chi connectivity index (χ3v) is 0.581. The number of rotatable bonds is 2. The summed E-state index contributed by atoms with van der Waals surface area (Å²) in [6.07, 6.45) is 2.43. The lowest BCUT2D eigenvalue weighted by atomic mass is 10.4. The maximum Gasteiger partial charge on any atom is 0.144 e. The smallest absolute Gasteiger partial charge is 0.144 e. The van der Waals surface area contributed by atoms with E-state index < -0.39 is 0 Å². The SMILES string of the molecule is CC=NC(C)C=O. The number of carbonyl (C=O) groups excluding carboxylic acids is 1. The molecule has 0 saturated carbocycles. The van der Waals surface area contributed by atoms with Gasteiger partial charge in [-0.15, -0.1) is 0 Å². The fourth-order valence-electron chi connectivity index (χ4n) is 0.270. The zero-order valence-corrected chi connectivity index (χ0v) is 4.59. The highest BCUT2D eigenvalue weighted by atomic mass is 16.1. The summed E-state index contributed by atoms with van der Waals surface area (Å²) in [7, 11) is 0. The molecule has 0 bridgehead atoms. The van der Waals surface area contributed by atoms with Crippen molar-refractivity contribution in [2.24, 2.45) is 4.99 Å². The number of aliphatic imine (C=N–C) groups is 1. The van der Waals surface area contributed by atoms with Gasteiger partial charge < -0.3 is 4.79 Å². The summed E-state index contributed by atoms with van der Waals surface area (Å²) in [6.45, 7) is 3.53. The van der Waals surface area contributed by atoms with Crippen molar-refractivity contribution in [1.29, 1.82) is 0 Å². The maximum atomic E-state index is 9.78. The quantitative estimate of drug-likeness (QED) is 0.369. The zero-order chi connectivity index (χ0) is 5.70. The number of hydrogen-bond acceptors (Lipinski definition) is 2. The Balaban J connectivity index is 3.35. The highest BCUT2D eigenvalue weighted by Gasteiger charge is 1.87. The molecular weight excluding hydrogens is 90.1 g/mol. The van der Waals surface area contributed by atoms with E-state index in [0.29, 0.717) is 0 Å². The van der Waals surface area contributed by atoms with Crippen molar-refractivity contribution in [1.82, 2.24) is 0 Å². The van der Waals surface area contributed by atoms with Gasteiger partial charge in [-0.2, -0.15) is 0 Å². The van der Waals surface area contributed by atoms with Gasteiger partial charge in [0.2, 0.25) is 0 Å². The molecule has 2 heteroatoms. The fourth-order valence-corrected chi connectivity index (χ4v) is 0.270. The van der Waals surface area contributed by atoms with Crippen molar-refractivity contribution < 1.29 is 4.79 Å². The largest absolute Gasteiger partial charge is 0.301 e. The van der Waals surface area contributed by atoms with Crippen LogP contribution in [0.25, 0.3) is 0 Å². The number of carbonyl (C=O) groups is 1. The van der Waals surface area contributed by atoms with Gasteiger partial charge >= 0.3 is 0 Å². The number of hydrogen-bond donors (Lipinski definition) is 0. The first-order valence-corrected chi connectivity index (χ1v) is 2.24. The second-order valence-electron chi connectivity index (χ2n) is 1.28. The molecule has 0 aliphatic rings. The van der Waals surface area contributed by atoms with Crippen LogP contribution in [0.4, 0.5) is 0 Å². The molecule has 1 unspecified atom stereocenters. The molecule has 0 spiro atoms. The van der Waals surface area contributed by atoms with E-state index in [2.05, 4.69) is 4.99 Å². The first kappa shape index (κ1) is 6.34. The Labute approximate surface area is 43.3 Å². The van der Waals surface area contributed by atoms with Crippen LogP contribution in [0.1, 0.15) is 13.8 Å². The van der Waals surface area contributed by atoms with Crippen LogP contribution in [0.2, 0.25) is 0 Å². The summed E-state index contributed by atoms with van der Waals surface area (Å²) < 4.78 is 0. The van der Waals surface area contributed by atoms with E-state index in [1.807, 2.05) is 0 Å². The summed E-state index contributed by atoms with van der Waals surface area (Å²) in [5.74, 6) is 0. The van der Waals surface area contributed by atoms with Crippen LogP contribution in [0.3, 0.4) is 0 Å². The molecule has 0 N–H and O–H groups in total. The molecule has 2 nitrogen and oxygen atoms in total. The molecule has 0 heterocycles. The van der Waals surface area contributed by atoms with Gasteiger partial charge in [0.15, 0.2) is 0 Å². The highest BCUT2D eigenvalue weighted by Crippen LogP contribution is 1.78. The van der Waals surface area contributed by atoms with Gasteiger partial charge in [0.05, 0.1) is 0 Å². The molecule has 0 saturated heterocycles. The highest BCUT2D eigenvalue weighted by molar-refractivity contribution is 5.62. The molecule has 0 aromatic rings. The van der Waals surface area contributed by atoms with Crippen LogP contribution in [0.15, 0.2) is 4.99 Å². The lowest BCUT2D eigenvalue weighted by molar-refractivity contribution is -0.108. The maximum absolute atomic E-state index is 9.78. The molecular formula is C5H9NO. The second kappa shape index (κ2) is 3.53. The second-order valence-corrected chi connectivity index (χ2v) is 1.28. The van der Waals surface area contributed by atoms with Crippen LogP contribution in [-0.4, -0.2) is 18.5 Å². The molecule has 0 amide bonds. The van der Waals surface area contributed by atoms with E-state index in [-0.39, 0.29) is 6.04 Å². The molecule has 7 heavy (non-hydrogen) atoms. The molecule has 0 aliphatic heterocycles. The average molecular weight is 99.1 g/mol. The van der Waals surface area contributed by atoms with Crippen LogP contribution >= 0.6 is 0 Å². The summed E-state index contributed by atoms with van der Waals surface area (Å²) in [5, 5.41) is 0. The lowest BCUT2D eigenvalue weighted by Gasteiger charge is -1.87. The standard InChI is InChI=1S/C5H9NO/c1-3-6-5(2)4-7/h3-5H,1-2H3. The minimum absolute atomic E-state index is 0.162. The van der Waals surface area contributed by atoms with Gasteiger partial charge in [0.25, 0.3) is 0 Å². The molecule has 1 atom stereocenters. The molecule has 0 radical (unpaired) electrons. The minimum Gasteiger partial charge on any atom is -0.301 e. The Kier molecular flexibility index (Phi) is 3.19. The first-order valence-electron chi connectivity index (χ1n) is 2.24. The summed E-state index contributed by atoms with van der Waals surface area (Å²) >= 11 is 0. The Morgan fingerprint density at radius 3 is 2.43 bits per heavy atom. The van der Waals surface area contributed by atoms with Gasteiger partial charge in [-0.1, -0.05) is 0 Å². The Bertz CT molecular complexity index is 78.1. The fraction of sp³-hybridized carbons (Fsp3) is 0.600. The van der Waals surface area contributed by atoms with E-state index in [4.69, 9.17) is 0 Å². The molecule has 0 fully saturated rings. The molecule has 40 valence electrons. The van der Waals surface area contributed by atoms with Gasteiger partial charge in [0, 0.05) is 0 Å². The van der Waals surface area contributed by atoms with Crippen LogP contribution in [-0.2, 0) is 4.79 Å². The topological polar surface area (TPSA) is 29.4 Å². The van der Waals surface area contributed by atoms with Gasteiger partial charge in [-0.3, -0.25) is 4.99 Å². The normalized spacial score (nSPS) is 14.6. The van der Waals surface area contributed by atoms with Crippen LogP contribution < -0.4 is 0 Å². The van der Waals surface area contributed by atoms with E-state index in [1.54, 1.807) is 20.1 Å². The predicted octanol–water partition coefficient (Wildman–Crippen LogP) is 0.665. The third kappa shape index (κ3) is 3.16. The molecule has 0 aromatic heterocycles. The average Bonchev–Trinajstić information content (AvgIpc) is 1.68. The van der Waals surface area contributed by atoms with Crippen molar-refractivity contribution in [3.63, 3.8) is 0 Å².